The monoisotopic (exact) mass is 405 g/mol. The van der Waals surface area contributed by atoms with Crippen LogP contribution in [-0.2, 0) is 23.2 Å². The van der Waals surface area contributed by atoms with E-state index in [2.05, 4.69) is 34.6 Å². The van der Waals surface area contributed by atoms with Crippen LogP contribution in [0.25, 0.3) is 0 Å². The maximum absolute atomic E-state index is 13.1. The summed E-state index contributed by atoms with van der Waals surface area (Å²) in [6, 6.07) is 4.06. The molecule has 1 heterocycles. The molecule has 5 heteroatoms. The summed E-state index contributed by atoms with van der Waals surface area (Å²) in [4.78, 5) is 29.8. The third-order valence-electron chi connectivity index (χ3n) is 5.27. The molecule has 0 unspecified atom stereocenters. The number of nitrogens with zero attached hydrogens (tertiary/aromatic N) is 3. The van der Waals surface area contributed by atoms with E-state index in [0.717, 1.165) is 31.5 Å². The highest BCUT2D eigenvalue weighted by Gasteiger charge is 2.26. The Kier molecular flexibility index (Phi) is 9.94. The second kappa shape index (κ2) is 11.4. The van der Waals surface area contributed by atoms with E-state index >= 15 is 0 Å². The van der Waals surface area contributed by atoms with Gasteiger partial charge in [-0.25, -0.2) is 0 Å². The fourth-order valence-corrected chi connectivity index (χ4v) is 3.83. The van der Waals surface area contributed by atoms with Crippen LogP contribution < -0.4 is 0 Å². The summed E-state index contributed by atoms with van der Waals surface area (Å²) in [6.45, 7) is 16.3. The average molecular weight is 406 g/mol. The van der Waals surface area contributed by atoms with Gasteiger partial charge in [0.15, 0.2) is 0 Å². The number of hydrogen-bond acceptors (Lipinski definition) is 2. The van der Waals surface area contributed by atoms with Crippen LogP contribution in [0.1, 0.15) is 79.8 Å². The molecule has 1 aromatic heterocycles. The maximum atomic E-state index is 13.1. The zero-order valence-electron chi connectivity index (χ0n) is 20.0. The van der Waals surface area contributed by atoms with E-state index < -0.39 is 0 Å². The van der Waals surface area contributed by atoms with Crippen LogP contribution >= 0.6 is 0 Å². The third kappa shape index (κ3) is 9.05. The molecule has 0 saturated carbocycles. The van der Waals surface area contributed by atoms with Gasteiger partial charge in [0.1, 0.15) is 0 Å². The van der Waals surface area contributed by atoms with Gasteiger partial charge >= 0.3 is 0 Å². The highest BCUT2D eigenvalue weighted by atomic mass is 16.2. The van der Waals surface area contributed by atoms with E-state index in [-0.39, 0.29) is 29.8 Å². The molecule has 0 fully saturated rings. The molecule has 166 valence electrons. The lowest BCUT2D eigenvalue weighted by molar-refractivity contribution is -0.143. The van der Waals surface area contributed by atoms with Crippen molar-refractivity contribution < 1.29 is 9.59 Å². The molecule has 0 aliphatic heterocycles. The molecule has 0 aliphatic rings. The summed E-state index contributed by atoms with van der Waals surface area (Å²) in [5.41, 5.74) is 1.31. The summed E-state index contributed by atoms with van der Waals surface area (Å²) in [6.07, 6.45) is 5.49. The van der Waals surface area contributed by atoms with Gasteiger partial charge in [0, 0.05) is 37.9 Å². The highest BCUT2D eigenvalue weighted by molar-refractivity contribution is 5.85. The smallest absolute Gasteiger partial charge is 0.242 e. The Hall–Kier alpha value is -1.78. The number of aryl methyl sites for hydroxylation is 1. The van der Waals surface area contributed by atoms with E-state index in [4.69, 9.17) is 0 Å². The zero-order valence-corrected chi connectivity index (χ0v) is 20.0. The predicted octanol–water partition coefficient (Wildman–Crippen LogP) is 4.85. The minimum Gasteiger partial charge on any atom is -0.353 e. The maximum Gasteiger partial charge on any atom is 0.242 e. The fourth-order valence-electron chi connectivity index (χ4n) is 3.83. The van der Waals surface area contributed by atoms with Crippen LogP contribution in [0.3, 0.4) is 0 Å². The van der Waals surface area contributed by atoms with Gasteiger partial charge in [0.2, 0.25) is 11.8 Å². The summed E-state index contributed by atoms with van der Waals surface area (Å²) in [7, 11) is 2.00. The second-order valence-electron chi connectivity index (χ2n) is 9.97. The number of unbranched alkanes of at least 4 members (excludes halogenated alkanes) is 1. The first-order chi connectivity index (χ1) is 13.4. The lowest BCUT2D eigenvalue weighted by Crippen LogP contribution is -2.46. The van der Waals surface area contributed by atoms with Crippen molar-refractivity contribution in [3.05, 3.63) is 24.0 Å². The summed E-state index contributed by atoms with van der Waals surface area (Å²) in [5, 5.41) is 0. The first-order valence-electron chi connectivity index (χ1n) is 11.1. The lowest BCUT2D eigenvalue weighted by Gasteiger charge is -2.31. The molecular weight excluding hydrogens is 362 g/mol. The normalized spacial score (nSPS) is 12.9. The van der Waals surface area contributed by atoms with Crippen molar-refractivity contribution in [2.24, 2.45) is 18.4 Å². The fraction of sp³-hybridized carbons (Fsp3) is 0.750. The summed E-state index contributed by atoms with van der Waals surface area (Å²) < 4.78 is 2.05. The number of amides is 2. The number of aromatic nitrogens is 1. The Morgan fingerprint density at radius 2 is 1.79 bits per heavy atom. The van der Waals surface area contributed by atoms with Crippen LogP contribution in [0.4, 0.5) is 0 Å². The van der Waals surface area contributed by atoms with Gasteiger partial charge in [-0.05, 0) is 50.2 Å². The van der Waals surface area contributed by atoms with E-state index in [1.165, 1.54) is 0 Å². The van der Waals surface area contributed by atoms with Gasteiger partial charge in [-0.2, -0.15) is 0 Å². The molecule has 2 amide bonds. The Morgan fingerprint density at radius 1 is 1.14 bits per heavy atom. The minimum atomic E-state index is 0.0105. The molecule has 29 heavy (non-hydrogen) atoms. The van der Waals surface area contributed by atoms with Crippen LogP contribution in [-0.4, -0.2) is 45.3 Å². The van der Waals surface area contributed by atoms with Crippen molar-refractivity contribution in [3.63, 3.8) is 0 Å². The van der Waals surface area contributed by atoms with Crippen molar-refractivity contribution in [1.82, 2.24) is 14.4 Å². The van der Waals surface area contributed by atoms with Crippen LogP contribution in [0.15, 0.2) is 18.3 Å². The van der Waals surface area contributed by atoms with Crippen LogP contribution in [0.5, 0.6) is 0 Å². The molecular formula is C24H43N3O2. The van der Waals surface area contributed by atoms with E-state index in [9.17, 15) is 9.59 Å². The topological polar surface area (TPSA) is 45.6 Å². The van der Waals surface area contributed by atoms with E-state index in [0.29, 0.717) is 18.9 Å². The van der Waals surface area contributed by atoms with Crippen molar-refractivity contribution in [2.45, 2.75) is 86.7 Å². The van der Waals surface area contributed by atoms with Crippen molar-refractivity contribution >= 4 is 11.8 Å². The molecule has 0 bridgehead atoms. The zero-order chi connectivity index (χ0) is 22.2. The molecule has 1 aromatic rings. The molecule has 0 spiro atoms. The largest absolute Gasteiger partial charge is 0.353 e. The number of carbonyl (C=O) groups excluding carboxylic acids is 2. The highest BCUT2D eigenvalue weighted by Crippen LogP contribution is 2.26. The first kappa shape index (κ1) is 25.3. The quantitative estimate of drug-likeness (QED) is 0.528. The van der Waals surface area contributed by atoms with Crippen molar-refractivity contribution in [2.75, 3.05) is 13.1 Å². The minimum absolute atomic E-state index is 0.0105. The van der Waals surface area contributed by atoms with Crippen LogP contribution in [0.2, 0.25) is 0 Å². The van der Waals surface area contributed by atoms with Crippen molar-refractivity contribution in [3.8, 4) is 0 Å². The lowest BCUT2D eigenvalue weighted by atomic mass is 9.84. The predicted molar refractivity (Wildman–Crippen MR) is 120 cm³/mol. The Labute approximate surface area is 178 Å². The third-order valence-corrected chi connectivity index (χ3v) is 5.27. The molecule has 5 nitrogen and oxygen atoms in total. The number of hydrogen-bond donors (Lipinski definition) is 0. The average Bonchev–Trinajstić information content (AvgIpc) is 2.98. The molecule has 1 rings (SSSR count). The number of carbonyl (C=O) groups is 2. The van der Waals surface area contributed by atoms with Crippen molar-refractivity contribution in [1.29, 1.82) is 0 Å². The van der Waals surface area contributed by atoms with Gasteiger partial charge < -0.3 is 14.4 Å². The van der Waals surface area contributed by atoms with Gasteiger partial charge in [-0.3, -0.25) is 9.59 Å². The van der Waals surface area contributed by atoms with E-state index in [1.54, 1.807) is 4.90 Å². The molecule has 1 atom stereocenters. The second-order valence-corrected chi connectivity index (χ2v) is 9.97. The molecule has 0 saturated heterocycles. The Balaban J connectivity index is 2.83. The van der Waals surface area contributed by atoms with Gasteiger partial charge in [0.05, 0.1) is 13.1 Å². The molecule has 0 aliphatic carbocycles. The molecule has 0 aromatic carbocycles. The Morgan fingerprint density at radius 3 is 2.28 bits per heavy atom. The van der Waals surface area contributed by atoms with Crippen LogP contribution in [0, 0.1) is 11.3 Å². The van der Waals surface area contributed by atoms with Gasteiger partial charge in [-0.1, -0.05) is 41.0 Å². The number of rotatable bonds is 11. The van der Waals surface area contributed by atoms with Gasteiger partial charge in [0.25, 0.3) is 0 Å². The van der Waals surface area contributed by atoms with Gasteiger partial charge in [-0.15, -0.1) is 0 Å². The molecule has 0 radical (unpaired) electrons. The summed E-state index contributed by atoms with van der Waals surface area (Å²) >= 11 is 0. The SMILES string of the molecule is CCCCN(Cc1cccn1C)C(=O)CN(C(=O)C[C@@H](C)CC(C)(C)C)C(C)C. The molecule has 0 N–H and O–H groups in total. The summed E-state index contributed by atoms with van der Waals surface area (Å²) in [5.74, 6) is 0.419. The van der Waals surface area contributed by atoms with E-state index in [1.807, 2.05) is 48.7 Å². The first-order valence-corrected chi connectivity index (χ1v) is 11.1. The standard InChI is InChI=1S/C24H43N3O2/c1-9-10-14-26(17-21-12-11-13-25(21)8)23(29)18-27(19(2)3)22(28)15-20(4)16-24(5,6)7/h11-13,19-20H,9-10,14-18H2,1-8H3/t20-/m1/s1. The Bertz CT molecular complexity index is 643.